The van der Waals surface area contributed by atoms with Crippen LogP contribution in [0.25, 0.3) is 0 Å². The standard InChI is InChI=1S/C10H14O12/c1-19-6(4(12)3-20-8(13)14)7(22-10(17)18)5(2-11)21-9(15)16/h2,4-7,12H,3H2,1H3,(H,13,14)(H,15,16)(H,17,18)/t4-,5+,6-,7-/m1/s1. The number of hydrogen-bond donors (Lipinski definition) is 4. The third-order valence-electron chi connectivity index (χ3n) is 2.28. The molecule has 0 aromatic heterocycles. The molecule has 4 N–H and O–H groups in total. The van der Waals surface area contributed by atoms with Gasteiger partial charge in [0.25, 0.3) is 0 Å². The predicted molar refractivity (Wildman–Crippen MR) is 62.6 cm³/mol. The average Bonchev–Trinajstić information content (AvgIpc) is 2.41. The molecule has 0 aromatic rings. The summed E-state index contributed by atoms with van der Waals surface area (Å²) in [6.45, 7) is -0.841. The minimum atomic E-state index is -1.95. The lowest BCUT2D eigenvalue weighted by Crippen LogP contribution is -2.51. The van der Waals surface area contributed by atoms with E-state index in [1.807, 2.05) is 0 Å². The largest absolute Gasteiger partial charge is 0.506 e. The van der Waals surface area contributed by atoms with E-state index < -0.39 is 49.5 Å². The zero-order valence-corrected chi connectivity index (χ0v) is 11.1. The molecule has 0 amide bonds. The summed E-state index contributed by atoms with van der Waals surface area (Å²) in [7, 11) is 0.982. The number of methoxy groups -OCH3 is 1. The van der Waals surface area contributed by atoms with E-state index in [4.69, 9.17) is 20.1 Å². The second-order valence-electron chi connectivity index (χ2n) is 3.68. The molecule has 12 heteroatoms. The van der Waals surface area contributed by atoms with E-state index in [2.05, 4.69) is 14.2 Å². The molecule has 0 fully saturated rings. The number of ether oxygens (including phenoxy) is 4. The van der Waals surface area contributed by atoms with Crippen molar-refractivity contribution in [3.63, 3.8) is 0 Å². The van der Waals surface area contributed by atoms with Crippen LogP contribution >= 0.6 is 0 Å². The van der Waals surface area contributed by atoms with E-state index in [0.29, 0.717) is 0 Å². The van der Waals surface area contributed by atoms with Gasteiger partial charge in [0.05, 0.1) is 0 Å². The molecule has 22 heavy (non-hydrogen) atoms. The summed E-state index contributed by atoms with van der Waals surface area (Å²) in [5.41, 5.74) is 0. The van der Waals surface area contributed by atoms with Crippen LogP contribution in [0.2, 0.25) is 0 Å². The van der Waals surface area contributed by atoms with Crippen LogP contribution in [-0.2, 0) is 23.7 Å². The number of aliphatic hydroxyl groups excluding tert-OH is 1. The van der Waals surface area contributed by atoms with Crippen molar-refractivity contribution in [3.05, 3.63) is 0 Å². The number of aliphatic hydroxyl groups is 1. The molecule has 0 aliphatic carbocycles. The van der Waals surface area contributed by atoms with Gasteiger partial charge in [-0.1, -0.05) is 0 Å². The topological polar surface area (TPSA) is 186 Å². The van der Waals surface area contributed by atoms with Gasteiger partial charge in [-0.15, -0.1) is 0 Å². The van der Waals surface area contributed by atoms with Gasteiger partial charge in [0.2, 0.25) is 0 Å². The predicted octanol–water partition coefficient (Wildman–Crippen LogP) is -0.618. The van der Waals surface area contributed by atoms with Gasteiger partial charge in [0.15, 0.2) is 18.5 Å². The Bertz CT molecular complexity index is 407. The Morgan fingerprint density at radius 2 is 1.55 bits per heavy atom. The molecular formula is C10H14O12. The number of aldehydes is 1. The summed E-state index contributed by atoms with van der Waals surface area (Å²) in [6, 6.07) is 0. The fourth-order valence-electron chi connectivity index (χ4n) is 1.49. The number of rotatable bonds is 9. The summed E-state index contributed by atoms with van der Waals surface area (Å²) >= 11 is 0. The number of hydrogen-bond acceptors (Lipinski definition) is 9. The van der Waals surface area contributed by atoms with E-state index in [1.165, 1.54) is 0 Å². The first-order chi connectivity index (χ1) is 10.2. The molecule has 0 aliphatic heterocycles. The average molecular weight is 326 g/mol. The summed E-state index contributed by atoms with van der Waals surface area (Å²) in [5, 5.41) is 35.1. The van der Waals surface area contributed by atoms with Gasteiger partial charge in [0, 0.05) is 7.11 Å². The Morgan fingerprint density at radius 3 is 1.91 bits per heavy atom. The lowest BCUT2D eigenvalue weighted by Gasteiger charge is -2.30. The van der Waals surface area contributed by atoms with Crippen molar-refractivity contribution in [2.24, 2.45) is 0 Å². The van der Waals surface area contributed by atoms with E-state index in [0.717, 1.165) is 7.11 Å². The summed E-state index contributed by atoms with van der Waals surface area (Å²) < 4.78 is 17.2. The molecule has 0 radical (unpaired) electrons. The maximum atomic E-state index is 10.8. The van der Waals surface area contributed by atoms with Crippen molar-refractivity contribution in [2.75, 3.05) is 13.7 Å². The highest BCUT2D eigenvalue weighted by atomic mass is 16.7. The Hall–Kier alpha value is -2.60. The van der Waals surface area contributed by atoms with Crippen molar-refractivity contribution in [3.8, 4) is 0 Å². The van der Waals surface area contributed by atoms with Gasteiger partial charge in [-0.3, -0.25) is 4.79 Å². The molecule has 0 saturated heterocycles. The normalized spacial score (nSPS) is 15.7. The van der Waals surface area contributed by atoms with Crippen LogP contribution in [0, 0.1) is 0 Å². The minimum Gasteiger partial charge on any atom is -0.450 e. The maximum absolute atomic E-state index is 10.8. The molecule has 0 bridgehead atoms. The van der Waals surface area contributed by atoms with E-state index >= 15 is 0 Å². The maximum Gasteiger partial charge on any atom is 0.506 e. The molecular weight excluding hydrogens is 312 g/mol. The Kier molecular flexibility index (Phi) is 8.25. The van der Waals surface area contributed by atoms with Gasteiger partial charge in [-0.25, -0.2) is 14.4 Å². The van der Waals surface area contributed by atoms with Crippen LogP contribution in [0.5, 0.6) is 0 Å². The second-order valence-corrected chi connectivity index (χ2v) is 3.68. The summed E-state index contributed by atoms with van der Waals surface area (Å²) in [6.07, 6.45) is -12.8. The van der Waals surface area contributed by atoms with Gasteiger partial charge < -0.3 is 39.4 Å². The van der Waals surface area contributed by atoms with Crippen LogP contribution in [0.3, 0.4) is 0 Å². The second kappa shape index (κ2) is 9.36. The first-order valence-corrected chi connectivity index (χ1v) is 5.54. The molecule has 4 atom stereocenters. The molecule has 0 aliphatic rings. The Labute approximate surface area is 122 Å². The van der Waals surface area contributed by atoms with Crippen molar-refractivity contribution >= 4 is 24.8 Å². The van der Waals surface area contributed by atoms with Gasteiger partial charge in [-0.05, 0) is 0 Å². The van der Waals surface area contributed by atoms with Gasteiger partial charge in [-0.2, -0.15) is 0 Å². The third kappa shape index (κ3) is 6.71. The smallest absolute Gasteiger partial charge is 0.450 e. The number of carboxylic acid groups (broad SMARTS) is 3. The fourth-order valence-corrected chi connectivity index (χ4v) is 1.49. The van der Waals surface area contributed by atoms with Crippen LogP contribution in [0.1, 0.15) is 0 Å². The third-order valence-corrected chi connectivity index (χ3v) is 2.28. The lowest BCUT2D eigenvalue weighted by molar-refractivity contribution is -0.150. The quantitative estimate of drug-likeness (QED) is 0.239. The van der Waals surface area contributed by atoms with Gasteiger partial charge in [0.1, 0.15) is 18.8 Å². The van der Waals surface area contributed by atoms with Crippen molar-refractivity contribution in [2.45, 2.75) is 24.4 Å². The van der Waals surface area contributed by atoms with Gasteiger partial charge >= 0.3 is 18.5 Å². The van der Waals surface area contributed by atoms with Crippen molar-refractivity contribution < 1.29 is 58.6 Å². The monoisotopic (exact) mass is 326 g/mol. The van der Waals surface area contributed by atoms with Crippen LogP contribution in [0.4, 0.5) is 14.4 Å². The van der Waals surface area contributed by atoms with Crippen LogP contribution < -0.4 is 0 Å². The van der Waals surface area contributed by atoms with Crippen LogP contribution in [-0.4, -0.2) is 83.3 Å². The number of carbonyl (C=O) groups excluding carboxylic acids is 1. The van der Waals surface area contributed by atoms with Crippen LogP contribution in [0.15, 0.2) is 0 Å². The molecule has 0 spiro atoms. The zero-order valence-electron chi connectivity index (χ0n) is 11.1. The highest BCUT2D eigenvalue weighted by Gasteiger charge is 2.40. The SMILES string of the molecule is CO[C@@H]([C@H](OC(=O)O)[C@H](C=O)OC(=O)O)[C@H](O)COC(=O)O. The fraction of sp³-hybridized carbons (Fsp3) is 0.600. The molecule has 0 heterocycles. The zero-order chi connectivity index (χ0) is 17.3. The molecule has 0 rings (SSSR count). The molecule has 0 unspecified atom stereocenters. The summed E-state index contributed by atoms with van der Waals surface area (Å²) in [4.78, 5) is 42.2. The van der Waals surface area contributed by atoms with E-state index in [-0.39, 0.29) is 6.29 Å². The first-order valence-electron chi connectivity index (χ1n) is 5.54. The van der Waals surface area contributed by atoms with E-state index in [9.17, 15) is 24.3 Å². The Morgan fingerprint density at radius 1 is 1.00 bits per heavy atom. The molecule has 126 valence electrons. The number of carbonyl (C=O) groups is 4. The van der Waals surface area contributed by atoms with Crippen molar-refractivity contribution in [1.82, 2.24) is 0 Å². The molecule has 0 aromatic carbocycles. The Balaban J connectivity index is 5.22. The molecule has 0 saturated carbocycles. The summed E-state index contributed by atoms with van der Waals surface area (Å²) in [5.74, 6) is 0. The highest BCUT2D eigenvalue weighted by molar-refractivity contribution is 5.66. The van der Waals surface area contributed by atoms with Crippen molar-refractivity contribution in [1.29, 1.82) is 0 Å². The highest BCUT2D eigenvalue weighted by Crippen LogP contribution is 2.15. The molecule has 12 nitrogen and oxygen atoms in total. The van der Waals surface area contributed by atoms with E-state index in [1.54, 1.807) is 0 Å². The minimum absolute atomic E-state index is 0.0709. The first kappa shape index (κ1) is 19.4. The lowest BCUT2D eigenvalue weighted by atomic mass is 10.0.